The Labute approximate surface area is 180 Å². The van der Waals surface area contributed by atoms with Crippen LogP contribution in [0, 0.1) is 5.92 Å². The minimum Gasteiger partial charge on any atom is -0.489 e. The maximum atomic E-state index is 12.9. The summed E-state index contributed by atoms with van der Waals surface area (Å²) in [7, 11) is 1.44. The molecule has 4 rings (SSSR count). The third-order valence-electron chi connectivity index (χ3n) is 6.33. The van der Waals surface area contributed by atoms with Crippen molar-refractivity contribution in [2.45, 2.75) is 44.5 Å². The number of likely N-dealkylation sites (tertiary alicyclic amines) is 1. The van der Waals surface area contributed by atoms with E-state index in [9.17, 15) is 18.0 Å². The standard InChI is InChI=1S/C24H26F3NO3/c1-30-23(29)17-9-11-28(12-10-17)22-8-5-18-14-20(6-7-21(18)22)31-15-16-3-2-4-19(13-16)24(25,26)27/h2-4,6-7,13-14,17,22H,5,8-12,15H2,1H3/t22-/m1/s1. The van der Waals surface area contributed by atoms with Gasteiger partial charge in [0.15, 0.2) is 0 Å². The molecule has 4 nitrogen and oxygen atoms in total. The number of hydrogen-bond acceptors (Lipinski definition) is 4. The molecule has 0 aromatic heterocycles. The zero-order valence-corrected chi connectivity index (χ0v) is 17.5. The molecular weight excluding hydrogens is 407 g/mol. The number of aryl methyl sites for hydroxylation is 1. The molecule has 0 N–H and O–H groups in total. The number of ether oxygens (including phenoxy) is 2. The van der Waals surface area contributed by atoms with Gasteiger partial charge in [-0.25, -0.2) is 0 Å². The predicted octanol–water partition coefficient (Wildman–Crippen LogP) is 5.16. The molecule has 1 aliphatic heterocycles. The first kappa shape index (κ1) is 21.7. The van der Waals surface area contributed by atoms with Crippen molar-refractivity contribution < 1.29 is 27.4 Å². The third kappa shape index (κ3) is 4.87. The zero-order valence-electron chi connectivity index (χ0n) is 17.5. The van der Waals surface area contributed by atoms with Crippen LogP contribution in [0.3, 0.4) is 0 Å². The van der Waals surface area contributed by atoms with Crippen LogP contribution >= 0.6 is 0 Å². The van der Waals surface area contributed by atoms with Gasteiger partial charge in [-0.2, -0.15) is 13.2 Å². The van der Waals surface area contributed by atoms with Gasteiger partial charge in [0.1, 0.15) is 12.4 Å². The molecule has 2 aliphatic rings. The quantitative estimate of drug-likeness (QED) is 0.611. The number of nitrogens with zero attached hydrogens (tertiary/aromatic N) is 1. The van der Waals surface area contributed by atoms with Crippen LogP contribution in [0.4, 0.5) is 13.2 Å². The van der Waals surface area contributed by atoms with Gasteiger partial charge in [0, 0.05) is 6.04 Å². The summed E-state index contributed by atoms with van der Waals surface area (Å²) in [6, 6.07) is 11.5. The van der Waals surface area contributed by atoms with E-state index in [0.29, 0.717) is 17.4 Å². The molecule has 0 spiro atoms. The van der Waals surface area contributed by atoms with Crippen LogP contribution in [0.2, 0.25) is 0 Å². The second-order valence-electron chi connectivity index (χ2n) is 8.24. The van der Waals surface area contributed by atoms with Crippen molar-refractivity contribution >= 4 is 5.97 Å². The second-order valence-corrected chi connectivity index (χ2v) is 8.24. The van der Waals surface area contributed by atoms with Crippen LogP contribution in [0.5, 0.6) is 5.75 Å². The molecule has 31 heavy (non-hydrogen) atoms. The largest absolute Gasteiger partial charge is 0.489 e. The highest BCUT2D eigenvalue weighted by Crippen LogP contribution is 2.39. The summed E-state index contributed by atoms with van der Waals surface area (Å²) in [5, 5.41) is 0. The lowest BCUT2D eigenvalue weighted by Crippen LogP contribution is -2.38. The maximum absolute atomic E-state index is 12.9. The van der Waals surface area contributed by atoms with Crippen LogP contribution < -0.4 is 4.74 Å². The van der Waals surface area contributed by atoms with Crippen LogP contribution in [-0.2, 0) is 28.7 Å². The van der Waals surface area contributed by atoms with E-state index in [-0.39, 0.29) is 18.5 Å². The lowest BCUT2D eigenvalue weighted by Gasteiger charge is -2.35. The Hall–Kier alpha value is -2.54. The summed E-state index contributed by atoms with van der Waals surface area (Å²) in [6.45, 7) is 1.84. The Morgan fingerprint density at radius 2 is 1.87 bits per heavy atom. The molecule has 1 fully saturated rings. The van der Waals surface area contributed by atoms with E-state index in [2.05, 4.69) is 11.0 Å². The molecule has 0 bridgehead atoms. The molecule has 0 unspecified atom stereocenters. The monoisotopic (exact) mass is 433 g/mol. The molecule has 0 radical (unpaired) electrons. The van der Waals surface area contributed by atoms with Gasteiger partial charge < -0.3 is 9.47 Å². The van der Waals surface area contributed by atoms with Gasteiger partial charge in [-0.1, -0.05) is 18.2 Å². The number of rotatable bonds is 5. The molecule has 1 heterocycles. The lowest BCUT2D eigenvalue weighted by molar-refractivity contribution is -0.147. The fourth-order valence-electron chi connectivity index (χ4n) is 4.66. The van der Waals surface area contributed by atoms with Crippen molar-refractivity contribution in [1.29, 1.82) is 0 Å². The Bertz CT molecular complexity index is 936. The predicted molar refractivity (Wildman–Crippen MR) is 110 cm³/mol. The second kappa shape index (κ2) is 8.91. The van der Waals surface area contributed by atoms with E-state index in [1.54, 1.807) is 6.07 Å². The van der Waals surface area contributed by atoms with E-state index >= 15 is 0 Å². The van der Waals surface area contributed by atoms with E-state index < -0.39 is 11.7 Å². The van der Waals surface area contributed by atoms with Crippen molar-refractivity contribution in [2.75, 3.05) is 20.2 Å². The molecule has 1 saturated heterocycles. The molecule has 7 heteroatoms. The lowest BCUT2D eigenvalue weighted by atomic mass is 9.94. The van der Waals surface area contributed by atoms with Gasteiger partial charge in [-0.15, -0.1) is 0 Å². The van der Waals surface area contributed by atoms with E-state index in [0.717, 1.165) is 50.9 Å². The summed E-state index contributed by atoms with van der Waals surface area (Å²) in [4.78, 5) is 14.2. The van der Waals surface area contributed by atoms with Crippen LogP contribution in [0.15, 0.2) is 42.5 Å². The number of carbonyl (C=O) groups is 1. The average molecular weight is 433 g/mol. The molecule has 2 aromatic rings. The minimum atomic E-state index is -4.36. The Kier molecular flexibility index (Phi) is 6.23. The van der Waals surface area contributed by atoms with Gasteiger partial charge in [0.2, 0.25) is 0 Å². The summed E-state index contributed by atoms with van der Waals surface area (Å²) in [5.74, 6) is 0.545. The number of methoxy groups -OCH3 is 1. The number of piperidine rings is 1. The van der Waals surface area contributed by atoms with Crippen LogP contribution in [-0.4, -0.2) is 31.1 Å². The SMILES string of the molecule is COC(=O)C1CCN([C@@H]2CCc3cc(OCc4cccc(C(F)(F)F)c4)ccc32)CC1. The first-order valence-electron chi connectivity index (χ1n) is 10.6. The first-order chi connectivity index (χ1) is 14.8. The number of carbonyl (C=O) groups excluding carboxylic acids is 1. The molecule has 0 saturated carbocycles. The molecule has 0 amide bonds. The van der Waals surface area contributed by atoms with Crippen molar-refractivity contribution in [3.63, 3.8) is 0 Å². The number of fused-ring (bicyclic) bond motifs is 1. The normalized spacial score (nSPS) is 19.8. The Morgan fingerprint density at radius 1 is 1.10 bits per heavy atom. The van der Waals surface area contributed by atoms with E-state index in [1.165, 1.54) is 24.3 Å². The first-order valence-corrected chi connectivity index (χ1v) is 10.6. The summed E-state index contributed by atoms with van der Waals surface area (Å²) in [6.07, 6.45) is -0.760. The van der Waals surface area contributed by atoms with Crippen LogP contribution in [0.1, 0.15) is 47.6 Å². The van der Waals surface area contributed by atoms with E-state index in [1.807, 2.05) is 12.1 Å². The topological polar surface area (TPSA) is 38.8 Å². The number of alkyl halides is 3. The highest BCUT2D eigenvalue weighted by atomic mass is 19.4. The summed E-state index contributed by atoms with van der Waals surface area (Å²) >= 11 is 0. The summed E-state index contributed by atoms with van der Waals surface area (Å²) < 4.78 is 49.3. The van der Waals surface area contributed by atoms with Gasteiger partial charge in [0.05, 0.1) is 18.6 Å². The van der Waals surface area contributed by atoms with Gasteiger partial charge in [-0.05, 0) is 79.7 Å². The molecule has 166 valence electrons. The number of benzene rings is 2. The van der Waals surface area contributed by atoms with E-state index in [4.69, 9.17) is 9.47 Å². The maximum Gasteiger partial charge on any atom is 0.416 e. The number of hydrogen-bond donors (Lipinski definition) is 0. The van der Waals surface area contributed by atoms with Gasteiger partial charge >= 0.3 is 12.1 Å². The fraction of sp³-hybridized carbons (Fsp3) is 0.458. The van der Waals surface area contributed by atoms with Crippen molar-refractivity contribution in [1.82, 2.24) is 4.90 Å². The van der Waals surface area contributed by atoms with Gasteiger partial charge in [-0.3, -0.25) is 9.69 Å². The highest BCUT2D eigenvalue weighted by molar-refractivity contribution is 5.72. The minimum absolute atomic E-state index is 0.00579. The van der Waals surface area contributed by atoms with Crippen molar-refractivity contribution in [2.24, 2.45) is 5.92 Å². The average Bonchev–Trinajstić information content (AvgIpc) is 3.20. The number of esters is 1. The van der Waals surface area contributed by atoms with Crippen molar-refractivity contribution in [3.8, 4) is 5.75 Å². The Morgan fingerprint density at radius 3 is 2.58 bits per heavy atom. The number of halogens is 3. The molecular formula is C24H26F3NO3. The van der Waals surface area contributed by atoms with Crippen LogP contribution in [0.25, 0.3) is 0 Å². The molecule has 1 atom stereocenters. The smallest absolute Gasteiger partial charge is 0.416 e. The highest BCUT2D eigenvalue weighted by Gasteiger charge is 2.33. The Balaban J connectivity index is 1.38. The van der Waals surface area contributed by atoms with Gasteiger partial charge in [0.25, 0.3) is 0 Å². The van der Waals surface area contributed by atoms with Crippen molar-refractivity contribution in [3.05, 3.63) is 64.7 Å². The fourth-order valence-corrected chi connectivity index (χ4v) is 4.66. The zero-order chi connectivity index (χ0) is 22.0. The molecule has 1 aliphatic carbocycles. The third-order valence-corrected chi connectivity index (χ3v) is 6.33. The molecule has 2 aromatic carbocycles. The summed E-state index contributed by atoms with van der Waals surface area (Å²) in [5.41, 5.74) is 2.33.